The molecule has 190 valence electrons. The van der Waals surface area contributed by atoms with E-state index in [0.717, 1.165) is 42.7 Å². The third kappa shape index (κ3) is 4.28. The Morgan fingerprint density at radius 2 is 1.36 bits per heavy atom. The number of thioether (sulfide) groups is 1. The van der Waals surface area contributed by atoms with E-state index in [4.69, 9.17) is 14.5 Å². The van der Waals surface area contributed by atoms with E-state index in [0.29, 0.717) is 18.1 Å². The van der Waals surface area contributed by atoms with Crippen molar-refractivity contribution in [2.24, 2.45) is 4.99 Å². The molecule has 2 aromatic rings. The largest absolute Gasteiger partial charge is 0.465 e. The number of anilines is 2. The Labute approximate surface area is 217 Å². The molecule has 0 saturated carbocycles. The number of para-hydroxylation sites is 3. The highest BCUT2D eigenvalue weighted by molar-refractivity contribution is 8.18. The molecule has 0 aliphatic carbocycles. The van der Waals surface area contributed by atoms with Crippen LogP contribution in [0.1, 0.15) is 39.5 Å². The number of aliphatic imine (C=N–C) groups is 1. The van der Waals surface area contributed by atoms with Crippen molar-refractivity contribution in [1.29, 1.82) is 0 Å². The predicted molar refractivity (Wildman–Crippen MR) is 146 cm³/mol. The standard InChI is InChI=1S/C28H33N3O4S/c1-5-7-18-30-21-16-12-13-17-22(21)31(19-8-6-2)28(30)23(25(32)34-3)24(26(33)35-4)36-27(28)29-20-14-10-9-11-15-20/h9-17H,5-8,18-19H2,1-4H3. The Bertz CT molecular complexity index is 1140. The number of carbonyl (C=O) groups is 2. The van der Waals surface area contributed by atoms with Crippen LogP contribution in [0.3, 0.4) is 0 Å². The SMILES string of the molecule is CCCCN1c2ccccc2N(CCCC)C12C(=Nc1ccccc1)SC(C(=O)OC)=C2C(=O)OC. The van der Waals surface area contributed by atoms with Gasteiger partial charge in [0.1, 0.15) is 15.5 Å². The normalized spacial score (nSPS) is 17.2. The lowest BCUT2D eigenvalue weighted by Crippen LogP contribution is -2.63. The zero-order valence-electron chi connectivity index (χ0n) is 21.3. The van der Waals surface area contributed by atoms with Gasteiger partial charge in [0, 0.05) is 13.1 Å². The van der Waals surface area contributed by atoms with Crippen LogP contribution < -0.4 is 9.80 Å². The number of unbranched alkanes of at least 4 members (excludes halogenated alkanes) is 2. The van der Waals surface area contributed by atoms with Gasteiger partial charge in [0.25, 0.3) is 0 Å². The summed E-state index contributed by atoms with van der Waals surface area (Å²) in [6.45, 7) is 5.64. The van der Waals surface area contributed by atoms with E-state index in [1.807, 2.05) is 42.5 Å². The Hall–Kier alpha value is -3.26. The number of hydrogen-bond acceptors (Lipinski definition) is 8. The fourth-order valence-corrected chi connectivity index (χ4v) is 6.19. The lowest BCUT2D eigenvalue weighted by Gasteiger charge is -2.44. The number of carbonyl (C=O) groups excluding carboxylic acids is 2. The minimum atomic E-state index is -1.12. The molecule has 0 amide bonds. The molecule has 2 heterocycles. The quantitative estimate of drug-likeness (QED) is 0.404. The van der Waals surface area contributed by atoms with Crippen LogP contribution in [0.4, 0.5) is 17.1 Å². The first-order valence-electron chi connectivity index (χ1n) is 12.4. The van der Waals surface area contributed by atoms with Gasteiger partial charge in [0.05, 0.1) is 31.3 Å². The summed E-state index contributed by atoms with van der Waals surface area (Å²) in [5.41, 5.74) is 1.91. The number of hydrogen-bond donors (Lipinski definition) is 0. The Balaban J connectivity index is 2.08. The predicted octanol–water partition coefficient (Wildman–Crippen LogP) is 5.69. The van der Waals surface area contributed by atoms with Crippen molar-refractivity contribution in [1.82, 2.24) is 0 Å². The van der Waals surface area contributed by atoms with Crippen molar-refractivity contribution in [2.45, 2.75) is 45.2 Å². The van der Waals surface area contributed by atoms with E-state index in [1.54, 1.807) is 0 Å². The van der Waals surface area contributed by atoms with Gasteiger partial charge in [0.2, 0.25) is 0 Å². The van der Waals surface area contributed by atoms with Gasteiger partial charge in [-0.2, -0.15) is 0 Å². The first-order valence-corrected chi connectivity index (χ1v) is 13.2. The second-order valence-electron chi connectivity index (χ2n) is 8.71. The molecular weight excluding hydrogens is 474 g/mol. The first-order chi connectivity index (χ1) is 17.5. The highest BCUT2D eigenvalue weighted by Crippen LogP contribution is 2.57. The molecule has 2 aliphatic rings. The lowest BCUT2D eigenvalue weighted by molar-refractivity contribution is -0.139. The number of benzene rings is 2. The summed E-state index contributed by atoms with van der Waals surface area (Å²) in [4.78, 5) is 36.4. The van der Waals surface area contributed by atoms with Crippen LogP contribution in [0.15, 0.2) is 70.1 Å². The second-order valence-corrected chi connectivity index (χ2v) is 9.71. The van der Waals surface area contributed by atoms with Crippen LogP contribution in [0.2, 0.25) is 0 Å². The van der Waals surface area contributed by atoms with Crippen LogP contribution in [-0.2, 0) is 19.1 Å². The van der Waals surface area contributed by atoms with E-state index < -0.39 is 17.6 Å². The van der Waals surface area contributed by atoms with E-state index >= 15 is 0 Å². The van der Waals surface area contributed by atoms with Crippen LogP contribution in [0.25, 0.3) is 0 Å². The molecule has 0 N–H and O–H groups in total. The number of fused-ring (bicyclic) bond motifs is 1. The zero-order chi connectivity index (χ0) is 25.7. The highest BCUT2D eigenvalue weighted by Gasteiger charge is 2.63. The van der Waals surface area contributed by atoms with Crippen molar-refractivity contribution < 1.29 is 19.1 Å². The molecular formula is C28H33N3O4S. The molecule has 4 rings (SSSR count). The van der Waals surface area contributed by atoms with E-state index in [-0.39, 0.29) is 10.5 Å². The van der Waals surface area contributed by atoms with E-state index in [9.17, 15) is 9.59 Å². The van der Waals surface area contributed by atoms with Crippen LogP contribution in [0.5, 0.6) is 0 Å². The van der Waals surface area contributed by atoms with Gasteiger partial charge in [-0.15, -0.1) is 0 Å². The van der Waals surface area contributed by atoms with Gasteiger partial charge < -0.3 is 19.3 Å². The molecule has 7 nitrogen and oxygen atoms in total. The Morgan fingerprint density at radius 3 is 1.86 bits per heavy atom. The zero-order valence-corrected chi connectivity index (χ0v) is 22.1. The van der Waals surface area contributed by atoms with E-state index in [2.05, 4.69) is 35.8 Å². The van der Waals surface area contributed by atoms with Crippen LogP contribution in [-0.4, -0.2) is 50.0 Å². The maximum atomic E-state index is 13.6. The molecule has 2 aliphatic heterocycles. The Kier molecular flexibility index (Phi) is 8.04. The van der Waals surface area contributed by atoms with Crippen LogP contribution in [0, 0.1) is 0 Å². The maximum Gasteiger partial charge on any atom is 0.345 e. The molecule has 2 aromatic carbocycles. The fourth-order valence-electron chi connectivity index (χ4n) is 4.89. The number of esters is 2. The van der Waals surface area contributed by atoms with Crippen molar-refractivity contribution in [3.05, 3.63) is 65.1 Å². The van der Waals surface area contributed by atoms with Gasteiger partial charge in [0.15, 0.2) is 5.66 Å². The monoisotopic (exact) mass is 507 g/mol. The summed E-state index contributed by atoms with van der Waals surface area (Å²) in [6, 6.07) is 17.8. The maximum absolute atomic E-state index is 13.6. The summed E-state index contributed by atoms with van der Waals surface area (Å²) in [6.07, 6.45) is 3.76. The third-order valence-corrected chi connectivity index (χ3v) is 7.68. The minimum Gasteiger partial charge on any atom is -0.465 e. The Morgan fingerprint density at radius 1 is 0.833 bits per heavy atom. The molecule has 0 aromatic heterocycles. The van der Waals surface area contributed by atoms with Crippen molar-refractivity contribution >= 4 is 45.8 Å². The molecule has 1 spiro atoms. The molecule has 0 saturated heterocycles. The van der Waals surface area contributed by atoms with Crippen molar-refractivity contribution in [3.8, 4) is 0 Å². The summed E-state index contributed by atoms with van der Waals surface area (Å²) in [7, 11) is 2.68. The fraction of sp³-hybridized carbons (Fsp3) is 0.393. The van der Waals surface area contributed by atoms with Gasteiger partial charge in [-0.25, -0.2) is 14.6 Å². The van der Waals surface area contributed by atoms with Gasteiger partial charge in [-0.05, 0) is 37.1 Å². The van der Waals surface area contributed by atoms with Crippen molar-refractivity contribution in [2.75, 3.05) is 37.1 Å². The van der Waals surface area contributed by atoms with Gasteiger partial charge in [-0.1, -0.05) is 68.8 Å². The number of rotatable bonds is 9. The molecule has 0 atom stereocenters. The molecule has 0 fully saturated rings. The average Bonchev–Trinajstić information content (AvgIpc) is 3.38. The molecule has 0 unspecified atom stereocenters. The molecule has 0 radical (unpaired) electrons. The topological polar surface area (TPSA) is 71.4 Å². The summed E-state index contributed by atoms with van der Waals surface area (Å²) in [5, 5.41) is 0.637. The van der Waals surface area contributed by atoms with Crippen molar-refractivity contribution in [3.63, 3.8) is 0 Å². The average molecular weight is 508 g/mol. The molecule has 8 heteroatoms. The number of nitrogens with zero attached hydrogens (tertiary/aromatic N) is 3. The minimum absolute atomic E-state index is 0.217. The summed E-state index contributed by atoms with van der Waals surface area (Å²) >= 11 is 1.20. The highest BCUT2D eigenvalue weighted by atomic mass is 32.2. The van der Waals surface area contributed by atoms with Gasteiger partial charge >= 0.3 is 11.9 Å². The second kappa shape index (κ2) is 11.2. The summed E-state index contributed by atoms with van der Waals surface area (Å²) < 4.78 is 10.5. The summed E-state index contributed by atoms with van der Waals surface area (Å²) in [5.74, 6) is -1.13. The number of ether oxygens (including phenoxy) is 2. The van der Waals surface area contributed by atoms with Crippen LogP contribution >= 0.6 is 11.8 Å². The third-order valence-electron chi connectivity index (χ3n) is 6.53. The number of methoxy groups -OCH3 is 2. The molecule has 36 heavy (non-hydrogen) atoms. The van der Waals surface area contributed by atoms with E-state index in [1.165, 1.54) is 26.0 Å². The van der Waals surface area contributed by atoms with Gasteiger partial charge in [-0.3, -0.25) is 0 Å². The lowest BCUT2D eigenvalue weighted by atomic mass is 9.95. The first kappa shape index (κ1) is 25.8. The molecule has 0 bridgehead atoms. The smallest absolute Gasteiger partial charge is 0.345 e.